The molecular formula is C18H34GdN4O9. The molecule has 0 amide bonds. The van der Waals surface area contributed by atoms with Gasteiger partial charge in [0.15, 0.2) is 0 Å². The zero-order chi connectivity index (χ0) is 23.4. The van der Waals surface area contributed by atoms with E-state index in [1.165, 1.54) is 0 Å². The summed E-state index contributed by atoms with van der Waals surface area (Å²) in [5.74, 6) is -3.07. The summed E-state index contributed by atoms with van der Waals surface area (Å²) in [6.45, 7) is 1.20. The van der Waals surface area contributed by atoms with Gasteiger partial charge in [-0.3, -0.25) is 34.0 Å². The van der Waals surface area contributed by atoms with Gasteiger partial charge in [-0.05, 0) is 0 Å². The first-order chi connectivity index (χ1) is 14.6. The number of nitrogens with zero attached hydrogens (tertiary/aromatic N) is 4. The van der Waals surface area contributed by atoms with E-state index in [-0.39, 0.29) is 66.1 Å². The molecule has 0 aromatic carbocycles. The molecule has 14 heteroatoms. The van der Waals surface area contributed by atoms with Gasteiger partial charge in [-0.15, -0.1) is 0 Å². The summed E-state index contributed by atoms with van der Waals surface area (Å²) in [6, 6.07) is 0. The van der Waals surface area contributed by atoms with Crippen molar-refractivity contribution in [3.63, 3.8) is 0 Å². The Balaban J connectivity index is 0.00000961. The van der Waals surface area contributed by atoms with Gasteiger partial charge >= 0.3 is 17.9 Å². The van der Waals surface area contributed by atoms with Crippen molar-refractivity contribution < 1.29 is 85.0 Å². The minimum Gasteiger partial charge on any atom is -0.480 e. The van der Waals surface area contributed by atoms with Gasteiger partial charge in [0, 0.05) is 98.8 Å². The molecule has 1 heterocycles. The Labute approximate surface area is 218 Å². The van der Waals surface area contributed by atoms with E-state index in [4.69, 9.17) is 10.2 Å². The van der Waals surface area contributed by atoms with Crippen LogP contribution in [0.4, 0.5) is 0 Å². The van der Waals surface area contributed by atoms with Crippen molar-refractivity contribution in [1.29, 1.82) is 0 Å². The molecule has 0 aromatic heterocycles. The van der Waals surface area contributed by atoms with Crippen molar-refractivity contribution in [1.82, 2.24) is 19.6 Å². The number of carboxylic acid groups (broad SMARTS) is 3. The second-order valence-electron chi connectivity index (χ2n) is 7.63. The fourth-order valence-corrected chi connectivity index (χ4v) is 3.32. The van der Waals surface area contributed by atoms with Crippen LogP contribution in [0, 0.1) is 39.9 Å². The summed E-state index contributed by atoms with van der Waals surface area (Å²) in [6.07, 6.45) is -2.54. The van der Waals surface area contributed by atoms with Crippen molar-refractivity contribution in [2.24, 2.45) is 0 Å². The first-order valence-corrected chi connectivity index (χ1v) is 10.1. The van der Waals surface area contributed by atoms with Crippen molar-refractivity contribution in [2.45, 2.75) is 12.2 Å². The topological polar surface area (TPSA) is 186 Å². The van der Waals surface area contributed by atoms with Gasteiger partial charge in [0.1, 0.15) is 6.10 Å². The van der Waals surface area contributed by atoms with E-state index < -0.39 is 36.7 Å². The van der Waals surface area contributed by atoms with Gasteiger partial charge in [0.05, 0.1) is 32.3 Å². The average molecular weight is 608 g/mol. The fraction of sp³-hybridized carbons (Fsp3) is 0.833. The third-order valence-corrected chi connectivity index (χ3v) is 5.08. The molecule has 13 nitrogen and oxygen atoms in total. The molecule has 0 saturated carbocycles. The van der Waals surface area contributed by atoms with Crippen molar-refractivity contribution in [3.8, 4) is 0 Å². The maximum atomic E-state index is 11.2. The van der Waals surface area contributed by atoms with E-state index in [0.29, 0.717) is 52.4 Å². The number of hydrogen-bond donors (Lipinski definition) is 6. The second-order valence-corrected chi connectivity index (χ2v) is 7.63. The number of aliphatic carboxylic acids is 3. The Morgan fingerprint density at radius 1 is 0.594 bits per heavy atom. The van der Waals surface area contributed by atoms with Crippen LogP contribution in [0.15, 0.2) is 0 Å². The Morgan fingerprint density at radius 2 is 0.875 bits per heavy atom. The summed E-state index contributed by atoms with van der Waals surface area (Å²) in [5, 5.41) is 56.2. The molecule has 2 atom stereocenters. The van der Waals surface area contributed by atoms with Crippen LogP contribution in [-0.2, 0) is 14.4 Å². The number of β-amino-alcohol motifs (C(OH)–C–C–N with tert-alkyl or cyclic N) is 1. The normalized spacial score (nSPS) is 20.3. The summed E-state index contributed by atoms with van der Waals surface area (Å²) >= 11 is 0. The molecule has 0 bridgehead atoms. The van der Waals surface area contributed by atoms with Crippen LogP contribution < -0.4 is 0 Å². The van der Waals surface area contributed by atoms with E-state index in [1.807, 2.05) is 0 Å². The van der Waals surface area contributed by atoms with E-state index in [0.717, 1.165) is 0 Å². The predicted molar refractivity (Wildman–Crippen MR) is 108 cm³/mol. The number of aliphatic hydroxyl groups is 3. The number of hydrogen-bond acceptors (Lipinski definition) is 10. The van der Waals surface area contributed by atoms with Crippen molar-refractivity contribution >= 4 is 17.9 Å². The molecule has 1 saturated heterocycles. The Bertz CT molecular complexity index is 555. The molecule has 0 spiro atoms. The molecule has 0 radical (unpaired) electrons. The minimum absolute atomic E-state index is 0. The van der Waals surface area contributed by atoms with Gasteiger partial charge in [0.2, 0.25) is 0 Å². The van der Waals surface area contributed by atoms with Crippen molar-refractivity contribution in [3.05, 3.63) is 0 Å². The molecule has 188 valence electrons. The SMILES string of the molecule is O=C(O)CN1CCN(CC(=O)O)CCN(CC(O)C(O)CO)CCN(CC(=O)O)CC1.[Gd]. The van der Waals surface area contributed by atoms with Gasteiger partial charge in [0.25, 0.3) is 0 Å². The molecule has 0 aromatic rings. The Hall–Kier alpha value is -0.545. The van der Waals surface area contributed by atoms with Crippen LogP contribution in [0.1, 0.15) is 0 Å². The monoisotopic (exact) mass is 608 g/mol. The standard InChI is InChI=1S/C18H34N4O9.Gd/c23-13-15(25)14(24)9-19-1-3-20(10-16(26)27)5-7-22(12-18(30)31)8-6-21(4-2-19)11-17(28)29;/h14-15,23-25H,1-13H2,(H,26,27)(H,28,29)(H,30,31);. The van der Waals surface area contributed by atoms with Gasteiger partial charge in [-0.25, -0.2) is 0 Å². The van der Waals surface area contributed by atoms with Crippen LogP contribution in [-0.4, -0.2) is 165 Å². The number of carbonyl (C=O) groups is 3. The molecule has 1 rings (SSSR count). The smallest absolute Gasteiger partial charge is 0.317 e. The first kappa shape index (κ1) is 31.5. The number of carboxylic acids is 3. The summed E-state index contributed by atoms with van der Waals surface area (Å²) < 4.78 is 0. The fourth-order valence-electron chi connectivity index (χ4n) is 3.32. The number of aliphatic hydroxyl groups excluding tert-OH is 3. The summed E-state index contributed by atoms with van der Waals surface area (Å²) in [5.41, 5.74) is 0. The van der Waals surface area contributed by atoms with Gasteiger partial charge in [-0.1, -0.05) is 0 Å². The van der Waals surface area contributed by atoms with Crippen LogP contribution >= 0.6 is 0 Å². The van der Waals surface area contributed by atoms with E-state index in [1.54, 1.807) is 19.6 Å². The van der Waals surface area contributed by atoms with Crippen LogP contribution in [0.25, 0.3) is 0 Å². The molecule has 1 aliphatic rings. The van der Waals surface area contributed by atoms with Crippen LogP contribution in [0.2, 0.25) is 0 Å². The van der Waals surface area contributed by atoms with Gasteiger partial charge < -0.3 is 30.6 Å². The molecule has 0 aliphatic carbocycles. The molecule has 32 heavy (non-hydrogen) atoms. The first-order valence-electron chi connectivity index (χ1n) is 10.1. The average Bonchev–Trinajstić information content (AvgIpc) is 2.67. The number of rotatable bonds is 10. The van der Waals surface area contributed by atoms with Crippen molar-refractivity contribution in [2.75, 3.05) is 85.1 Å². The Kier molecular flexibility index (Phi) is 16.7. The van der Waals surface area contributed by atoms with E-state index in [9.17, 15) is 34.8 Å². The minimum atomic E-state index is -1.32. The molecule has 1 fully saturated rings. The summed E-state index contributed by atoms with van der Waals surface area (Å²) in [4.78, 5) is 40.3. The maximum absolute atomic E-state index is 11.2. The summed E-state index contributed by atoms with van der Waals surface area (Å²) in [7, 11) is 0. The second kappa shape index (κ2) is 17.0. The quantitative estimate of drug-likeness (QED) is 0.142. The third kappa shape index (κ3) is 13.9. The van der Waals surface area contributed by atoms with Crippen LogP contribution in [0.5, 0.6) is 0 Å². The molecule has 1 aliphatic heterocycles. The van der Waals surface area contributed by atoms with Gasteiger partial charge in [-0.2, -0.15) is 0 Å². The zero-order valence-electron chi connectivity index (χ0n) is 17.9. The molecular weight excluding hydrogens is 573 g/mol. The zero-order valence-corrected chi connectivity index (χ0v) is 20.2. The maximum Gasteiger partial charge on any atom is 0.317 e. The van der Waals surface area contributed by atoms with E-state index in [2.05, 4.69) is 0 Å². The molecule has 2 unspecified atom stereocenters. The predicted octanol–water partition coefficient (Wildman–Crippen LogP) is -3.82. The largest absolute Gasteiger partial charge is 0.480 e. The third-order valence-electron chi connectivity index (χ3n) is 5.08. The van der Waals surface area contributed by atoms with Crippen LogP contribution in [0.3, 0.4) is 0 Å². The van der Waals surface area contributed by atoms with E-state index >= 15 is 0 Å². The Morgan fingerprint density at radius 3 is 1.12 bits per heavy atom. The molecule has 6 N–H and O–H groups in total.